The molecule has 0 saturated heterocycles. The Morgan fingerprint density at radius 1 is 1.55 bits per heavy atom. The maximum absolute atomic E-state index is 11.0. The van der Waals surface area contributed by atoms with Crippen molar-refractivity contribution >= 4 is 5.91 Å². The Labute approximate surface area is 68.4 Å². The van der Waals surface area contributed by atoms with Crippen molar-refractivity contribution in [1.82, 2.24) is 5.32 Å². The second-order valence-corrected chi connectivity index (χ2v) is 3.35. The fraction of sp³-hybridized carbons (Fsp3) is 0.889. The predicted octanol–water partition coefficient (Wildman–Crippen LogP) is 1.70. The first-order valence-corrected chi connectivity index (χ1v) is 4.59. The highest BCUT2D eigenvalue weighted by Crippen LogP contribution is 2.27. The molecule has 0 radical (unpaired) electrons. The summed E-state index contributed by atoms with van der Waals surface area (Å²) in [6.07, 6.45) is 5.47. The monoisotopic (exact) mass is 155 g/mol. The number of unbranched alkanes of at least 4 members (excludes halogenated alkanes) is 1. The molecule has 1 N–H and O–H groups in total. The van der Waals surface area contributed by atoms with Gasteiger partial charge in [-0.2, -0.15) is 0 Å². The summed E-state index contributed by atoms with van der Waals surface area (Å²) < 4.78 is 0. The van der Waals surface area contributed by atoms with Gasteiger partial charge in [0, 0.05) is 13.0 Å². The van der Waals surface area contributed by atoms with E-state index in [-0.39, 0.29) is 5.91 Å². The number of carbonyl (C=O) groups is 1. The van der Waals surface area contributed by atoms with Gasteiger partial charge in [0.2, 0.25) is 5.91 Å². The van der Waals surface area contributed by atoms with E-state index in [1.165, 1.54) is 12.8 Å². The van der Waals surface area contributed by atoms with E-state index in [1.807, 2.05) is 0 Å². The summed E-state index contributed by atoms with van der Waals surface area (Å²) in [5.74, 6) is 1.04. The zero-order chi connectivity index (χ0) is 8.10. The molecule has 2 nitrogen and oxygen atoms in total. The summed E-state index contributed by atoms with van der Waals surface area (Å²) in [4.78, 5) is 11.0. The van der Waals surface area contributed by atoms with Crippen molar-refractivity contribution in [3.05, 3.63) is 0 Å². The fourth-order valence-corrected chi connectivity index (χ4v) is 1.01. The third-order valence-corrected chi connectivity index (χ3v) is 2.04. The molecule has 0 aromatic heterocycles. The first-order chi connectivity index (χ1) is 5.33. The molecule has 1 rings (SSSR count). The van der Waals surface area contributed by atoms with Gasteiger partial charge < -0.3 is 5.32 Å². The number of amides is 1. The van der Waals surface area contributed by atoms with Crippen molar-refractivity contribution in [2.45, 2.75) is 39.0 Å². The quantitative estimate of drug-likeness (QED) is 0.643. The van der Waals surface area contributed by atoms with Crippen LogP contribution in [0.3, 0.4) is 0 Å². The summed E-state index contributed by atoms with van der Waals surface area (Å²) in [5, 5.41) is 2.94. The molecule has 1 fully saturated rings. The number of rotatable bonds is 5. The van der Waals surface area contributed by atoms with Crippen LogP contribution in [0.25, 0.3) is 0 Å². The SMILES string of the molecule is CCCCC(=O)NCC1CC1. The minimum Gasteiger partial charge on any atom is -0.356 e. The van der Waals surface area contributed by atoms with E-state index in [2.05, 4.69) is 12.2 Å². The Morgan fingerprint density at radius 3 is 2.82 bits per heavy atom. The molecule has 1 aliphatic rings. The zero-order valence-corrected chi connectivity index (χ0v) is 7.23. The van der Waals surface area contributed by atoms with Gasteiger partial charge in [0.1, 0.15) is 0 Å². The normalized spacial score (nSPS) is 16.5. The molecular formula is C9H17NO. The van der Waals surface area contributed by atoms with Gasteiger partial charge in [-0.3, -0.25) is 4.79 Å². The van der Waals surface area contributed by atoms with Crippen molar-refractivity contribution in [1.29, 1.82) is 0 Å². The highest BCUT2D eigenvalue weighted by Gasteiger charge is 2.21. The third-order valence-electron chi connectivity index (χ3n) is 2.04. The van der Waals surface area contributed by atoms with Crippen molar-refractivity contribution in [3.8, 4) is 0 Å². The molecule has 11 heavy (non-hydrogen) atoms. The van der Waals surface area contributed by atoms with Crippen molar-refractivity contribution in [2.24, 2.45) is 5.92 Å². The maximum atomic E-state index is 11.0. The van der Waals surface area contributed by atoms with E-state index in [4.69, 9.17) is 0 Å². The Bertz CT molecular complexity index is 130. The molecule has 0 aromatic rings. The predicted molar refractivity (Wildman–Crippen MR) is 45.3 cm³/mol. The van der Waals surface area contributed by atoms with Crippen LogP contribution in [-0.2, 0) is 4.79 Å². The Balaban J connectivity index is 1.91. The van der Waals surface area contributed by atoms with Crippen molar-refractivity contribution in [3.63, 3.8) is 0 Å². The smallest absolute Gasteiger partial charge is 0.220 e. The second-order valence-electron chi connectivity index (χ2n) is 3.35. The molecule has 0 spiro atoms. The van der Waals surface area contributed by atoms with Crippen LogP contribution in [-0.4, -0.2) is 12.5 Å². The summed E-state index contributed by atoms with van der Waals surface area (Å²) in [5.41, 5.74) is 0. The lowest BCUT2D eigenvalue weighted by atomic mass is 10.2. The van der Waals surface area contributed by atoms with E-state index in [0.717, 1.165) is 25.3 Å². The Hall–Kier alpha value is -0.530. The highest BCUT2D eigenvalue weighted by molar-refractivity contribution is 5.75. The van der Waals surface area contributed by atoms with Crippen LogP contribution in [0, 0.1) is 5.92 Å². The molecule has 1 amide bonds. The van der Waals surface area contributed by atoms with Crippen LogP contribution in [0.5, 0.6) is 0 Å². The molecule has 2 heteroatoms. The van der Waals surface area contributed by atoms with E-state index in [1.54, 1.807) is 0 Å². The first kappa shape index (κ1) is 8.57. The number of hydrogen-bond acceptors (Lipinski definition) is 1. The molecule has 0 heterocycles. The first-order valence-electron chi connectivity index (χ1n) is 4.59. The molecule has 0 atom stereocenters. The third kappa shape index (κ3) is 4.02. The van der Waals surface area contributed by atoms with Gasteiger partial charge in [0.15, 0.2) is 0 Å². The molecule has 1 aliphatic carbocycles. The number of carbonyl (C=O) groups excluding carboxylic acids is 1. The van der Waals surface area contributed by atoms with Crippen LogP contribution in [0.2, 0.25) is 0 Å². The lowest BCUT2D eigenvalue weighted by Gasteiger charge is -2.01. The van der Waals surface area contributed by atoms with Crippen LogP contribution < -0.4 is 5.32 Å². The van der Waals surface area contributed by atoms with E-state index < -0.39 is 0 Å². The van der Waals surface area contributed by atoms with Gasteiger partial charge in [-0.15, -0.1) is 0 Å². The highest BCUT2D eigenvalue weighted by atomic mass is 16.1. The van der Waals surface area contributed by atoms with Gasteiger partial charge >= 0.3 is 0 Å². The number of nitrogens with one attached hydrogen (secondary N) is 1. The molecule has 0 aliphatic heterocycles. The van der Waals surface area contributed by atoms with E-state index in [0.29, 0.717) is 6.42 Å². The van der Waals surface area contributed by atoms with Crippen LogP contribution in [0.1, 0.15) is 39.0 Å². The van der Waals surface area contributed by atoms with Crippen LogP contribution in [0.15, 0.2) is 0 Å². The van der Waals surface area contributed by atoms with Crippen LogP contribution in [0.4, 0.5) is 0 Å². The summed E-state index contributed by atoms with van der Waals surface area (Å²) in [7, 11) is 0. The van der Waals surface area contributed by atoms with Gasteiger partial charge in [-0.1, -0.05) is 13.3 Å². The van der Waals surface area contributed by atoms with E-state index >= 15 is 0 Å². The topological polar surface area (TPSA) is 29.1 Å². The van der Waals surface area contributed by atoms with Crippen molar-refractivity contribution < 1.29 is 4.79 Å². The van der Waals surface area contributed by atoms with E-state index in [9.17, 15) is 4.79 Å². The van der Waals surface area contributed by atoms with Crippen LogP contribution >= 0.6 is 0 Å². The lowest BCUT2D eigenvalue weighted by Crippen LogP contribution is -2.24. The average Bonchev–Trinajstić information content (AvgIpc) is 2.80. The summed E-state index contributed by atoms with van der Waals surface area (Å²) >= 11 is 0. The molecule has 0 unspecified atom stereocenters. The average molecular weight is 155 g/mol. The fourth-order valence-electron chi connectivity index (χ4n) is 1.01. The minimum atomic E-state index is 0.235. The standard InChI is InChI=1S/C9H17NO/c1-2-3-4-9(11)10-7-8-5-6-8/h8H,2-7H2,1H3,(H,10,11). The molecular weight excluding hydrogens is 138 g/mol. The maximum Gasteiger partial charge on any atom is 0.220 e. The summed E-state index contributed by atoms with van der Waals surface area (Å²) in [6.45, 7) is 3.02. The van der Waals surface area contributed by atoms with Gasteiger partial charge in [-0.05, 0) is 25.2 Å². The largest absolute Gasteiger partial charge is 0.356 e. The van der Waals surface area contributed by atoms with Gasteiger partial charge in [-0.25, -0.2) is 0 Å². The molecule has 1 saturated carbocycles. The number of hydrogen-bond donors (Lipinski definition) is 1. The minimum absolute atomic E-state index is 0.235. The molecule has 64 valence electrons. The Morgan fingerprint density at radius 2 is 2.27 bits per heavy atom. The summed E-state index contributed by atoms with van der Waals surface area (Å²) in [6, 6.07) is 0. The zero-order valence-electron chi connectivity index (χ0n) is 7.23. The van der Waals surface area contributed by atoms with Crippen molar-refractivity contribution in [2.75, 3.05) is 6.54 Å². The second kappa shape index (κ2) is 4.37. The molecule has 0 aromatic carbocycles. The van der Waals surface area contributed by atoms with Gasteiger partial charge in [0.05, 0.1) is 0 Å². The van der Waals surface area contributed by atoms with Gasteiger partial charge in [0.25, 0.3) is 0 Å². The Kier molecular flexibility index (Phi) is 3.40. The lowest BCUT2D eigenvalue weighted by molar-refractivity contribution is -0.121. The molecule has 0 bridgehead atoms.